The summed E-state index contributed by atoms with van der Waals surface area (Å²) >= 11 is 3.50. The zero-order valence-electron chi connectivity index (χ0n) is 11.6. The van der Waals surface area contributed by atoms with Crippen molar-refractivity contribution < 1.29 is 14.6 Å². The zero-order valence-corrected chi connectivity index (χ0v) is 13.2. The van der Waals surface area contributed by atoms with Crippen molar-refractivity contribution in [2.24, 2.45) is 0 Å². The van der Waals surface area contributed by atoms with Crippen molar-refractivity contribution >= 4 is 27.6 Å². The van der Waals surface area contributed by atoms with Gasteiger partial charge in [0, 0.05) is 29.4 Å². The molecule has 0 aliphatic heterocycles. The predicted molar refractivity (Wildman–Crippen MR) is 85.6 cm³/mol. The molecule has 0 radical (unpaired) electrons. The maximum absolute atomic E-state index is 11.2. The van der Waals surface area contributed by atoms with E-state index in [-0.39, 0.29) is 0 Å². The lowest BCUT2D eigenvalue weighted by molar-refractivity contribution is 0.0696. The van der Waals surface area contributed by atoms with Crippen molar-refractivity contribution in [3.8, 4) is 0 Å². The number of hydrogen-bond acceptors (Lipinski definition) is 3. The Bertz CT molecular complexity index is 643. The molecule has 0 unspecified atom stereocenters. The highest BCUT2D eigenvalue weighted by Gasteiger charge is 2.10. The average Bonchev–Trinajstić information content (AvgIpc) is 2.48. The Kier molecular flexibility index (Phi) is 5.36. The summed E-state index contributed by atoms with van der Waals surface area (Å²) in [7, 11) is 1.64. The maximum atomic E-state index is 11.2. The number of carboxylic acids is 1. The fraction of sp³-hybridized carbons (Fsp3) is 0.188. The molecular weight excluding hydrogens is 334 g/mol. The topological polar surface area (TPSA) is 58.6 Å². The number of halogens is 1. The van der Waals surface area contributed by atoms with E-state index < -0.39 is 5.97 Å². The molecule has 2 aromatic carbocycles. The molecule has 4 nitrogen and oxygen atoms in total. The van der Waals surface area contributed by atoms with Crippen LogP contribution in [0.2, 0.25) is 0 Å². The van der Waals surface area contributed by atoms with Gasteiger partial charge in [0.05, 0.1) is 12.2 Å². The number of carbonyl (C=O) groups is 1. The highest BCUT2D eigenvalue weighted by molar-refractivity contribution is 9.10. The number of rotatable bonds is 6. The molecule has 0 aliphatic rings. The number of methoxy groups -OCH3 is 1. The highest BCUT2D eigenvalue weighted by atomic mass is 79.9. The summed E-state index contributed by atoms with van der Waals surface area (Å²) in [6, 6.07) is 12.8. The molecule has 2 aromatic rings. The van der Waals surface area contributed by atoms with Crippen molar-refractivity contribution in [3.63, 3.8) is 0 Å². The van der Waals surface area contributed by atoms with Gasteiger partial charge in [0.25, 0.3) is 0 Å². The van der Waals surface area contributed by atoms with Crippen LogP contribution in [0, 0.1) is 0 Å². The third kappa shape index (κ3) is 3.83. The van der Waals surface area contributed by atoms with Gasteiger partial charge in [0.1, 0.15) is 0 Å². The Hall–Kier alpha value is -1.85. The number of benzene rings is 2. The molecule has 0 spiro atoms. The molecule has 5 heteroatoms. The molecular formula is C16H16BrNO3. The molecule has 0 saturated carbocycles. The molecule has 0 amide bonds. The molecule has 0 atom stereocenters. The van der Waals surface area contributed by atoms with E-state index in [0.29, 0.717) is 18.7 Å². The molecule has 2 N–H and O–H groups in total. The lowest BCUT2D eigenvalue weighted by Gasteiger charge is -2.14. The van der Waals surface area contributed by atoms with Gasteiger partial charge < -0.3 is 15.2 Å². The first-order valence-electron chi connectivity index (χ1n) is 6.45. The van der Waals surface area contributed by atoms with Gasteiger partial charge in [-0.2, -0.15) is 0 Å². The van der Waals surface area contributed by atoms with E-state index in [1.54, 1.807) is 19.2 Å². The maximum Gasteiger partial charge on any atom is 0.336 e. The molecule has 21 heavy (non-hydrogen) atoms. The van der Waals surface area contributed by atoms with Crippen LogP contribution in [0.3, 0.4) is 0 Å². The molecule has 0 heterocycles. The molecule has 2 rings (SSSR count). The SMILES string of the molecule is COCc1c(Br)cccc1NCc1ccccc1C(=O)O. The third-order valence-corrected chi connectivity index (χ3v) is 3.87. The first-order chi connectivity index (χ1) is 10.1. The summed E-state index contributed by atoms with van der Waals surface area (Å²) in [6.07, 6.45) is 0. The van der Waals surface area contributed by atoms with Gasteiger partial charge in [-0.3, -0.25) is 0 Å². The minimum atomic E-state index is -0.918. The zero-order chi connectivity index (χ0) is 15.2. The summed E-state index contributed by atoms with van der Waals surface area (Å²) in [4.78, 5) is 11.2. The average molecular weight is 350 g/mol. The summed E-state index contributed by atoms with van der Waals surface area (Å²) in [5, 5.41) is 12.5. The number of aromatic carboxylic acids is 1. The molecule has 0 aliphatic carbocycles. The highest BCUT2D eigenvalue weighted by Crippen LogP contribution is 2.26. The minimum Gasteiger partial charge on any atom is -0.478 e. The second kappa shape index (κ2) is 7.24. The quantitative estimate of drug-likeness (QED) is 0.830. The second-order valence-corrected chi connectivity index (χ2v) is 5.37. The van der Waals surface area contributed by atoms with E-state index in [9.17, 15) is 9.90 Å². The molecule has 0 bridgehead atoms. The standard InChI is InChI=1S/C16H16BrNO3/c1-21-10-13-14(17)7-4-8-15(13)18-9-11-5-2-3-6-12(11)16(19)20/h2-8,18H,9-10H2,1H3,(H,19,20). The van der Waals surface area contributed by atoms with E-state index >= 15 is 0 Å². The lowest BCUT2D eigenvalue weighted by Crippen LogP contribution is -2.08. The van der Waals surface area contributed by atoms with Crippen LogP contribution in [-0.2, 0) is 17.9 Å². The van der Waals surface area contributed by atoms with Gasteiger partial charge in [-0.05, 0) is 23.8 Å². The van der Waals surface area contributed by atoms with E-state index in [2.05, 4.69) is 21.2 Å². The Morgan fingerprint density at radius 1 is 1.24 bits per heavy atom. The second-order valence-electron chi connectivity index (χ2n) is 4.51. The Balaban J connectivity index is 2.21. The minimum absolute atomic E-state index is 0.313. The van der Waals surface area contributed by atoms with Crippen molar-refractivity contribution in [2.75, 3.05) is 12.4 Å². The lowest BCUT2D eigenvalue weighted by atomic mass is 10.1. The van der Waals surface area contributed by atoms with Crippen molar-refractivity contribution in [2.45, 2.75) is 13.2 Å². The number of hydrogen-bond donors (Lipinski definition) is 2. The van der Waals surface area contributed by atoms with E-state index in [1.165, 1.54) is 0 Å². The monoisotopic (exact) mass is 349 g/mol. The van der Waals surface area contributed by atoms with Crippen molar-refractivity contribution in [3.05, 3.63) is 63.6 Å². The fourth-order valence-corrected chi connectivity index (χ4v) is 2.57. The molecule has 110 valence electrons. The Morgan fingerprint density at radius 2 is 2.00 bits per heavy atom. The first-order valence-corrected chi connectivity index (χ1v) is 7.24. The summed E-state index contributed by atoms with van der Waals surface area (Å²) in [6.45, 7) is 0.917. The largest absolute Gasteiger partial charge is 0.478 e. The summed E-state index contributed by atoms with van der Waals surface area (Å²) in [5.74, 6) is -0.918. The van der Waals surface area contributed by atoms with Crippen LogP contribution in [0.1, 0.15) is 21.5 Å². The van der Waals surface area contributed by atoms with Gasteiger partial charge >= 0.3 is 5.97 Å². The number of anilines is 1. The van der Waals surface area contributed by atoms with Crippen molar-refractivity contribution in [1.82, 2.24) is 0 Å². The van der Waals surface area contributed by atoms with Crippen LogP contribution in [0.5, 0.6) is 0 Å². The Morgan fingerprint density at radius 3 is 2.71 bits per heavy atom. The van der Waals surface area contributed by atoms with Gasteiger partial charge in [0.2, 0.25) is 0 Å². The normalized spacial score (nSPS) is 10.4. The van der Waals surface area contributed by atoms with Gasteiger partial charge in [-0.25, -0.2) is 4.79 Å². The van der Waals surface area contributed by atoms with Gasteiger partial charge in [-0.15, -0.1) is 0 Å². The number of ether oxygens (including phenoxy) is 1. The molecule has 0 aromatic heterocycles. The van der Waals surface area contributed by atoms with Crippen LogP contribution in [-0.4, -0.2) is 18.2 Å². The van der Waals surface area contributed by atoms with Gasteiger partial charge in [-0.1, -0.05) is 40.2 Å². The van der Waals surface area contributed by atoms with Crippen LogP contribution in [0.4, 0.5) is 5.69 Å². The van der Waals surface area contributed by atoms with Gasteiger partial charge in [0.15, 0.2) is 0 Å². The molecule has 0 fully saturated rings. The summed E-state index contributed by atoms with van der Waals surface area (Å²) in [5.41, 5.74) is 2.99. The number of nitrogens with one attached hydrogen (secondary N) is 1. The van der Waals surface area contributed by atoms with E-state index in [4.69, 9.17) is 4.74 Å². The van der Waals surface area contributed by atoms with Crippen LogP contribution in [0.15, 0.2) is 46.9 Å². The number of carboxylic acid groups (broad SMARTS) is 1. The van der Waals surface area contributed by atoms with E-state index in [1.807, 2.05) is 30.3 Å². The van der Waals surface area contributed by atoms with Crippen molar-refractivity contribution in [1.29, 1.82) is 0 Å². The third-order valence-electron chi connectivity index (χ3n) is 3.12. The van der Waals surface area contributed by atoms with E-state index in [0.717, 1.165) is 21.3 Å². The van der Waals surface area contributed by atoms with Crippen LogP contribution < -0.4 is 5.32 Å². The fourth-order valence-electron chi connectivity index (χ4n) is 2.09. The predicted octanol–water partition coefficient (Wildman–Crippen LogP) is 3.91. The van der Waals surface area contributed by atoms with Crippen LogP contribution in [0.25, 0.3) is 0 Å². The Labute approximate surface area is 131 Å². The smallest absolute Gasteiger partial charge is 0.336 e. The first kappa shape index (κ1) is 15.5. The summed E-state index contributed by atoms with van der Waals surface area (Å²) < 4.78 is 6.16. The van der Waals surface area contributed by atoms with Crippen LogP contribution >= 0.6 is 15.9 Å². The molecule has 0 saturated heterocycles.